The van der Waals surface area contributed by atoms with Crippen molar-refractivity contribution in [3.8, 4) is 11.5 Å². The number of unbranched alkanes of at least 4 members (excludes halogenated alkanes) is 2. The lowest BCUT2D eigenvalue weighted by Gasteiger charge is -2.17. The van der Waals surface area contributed by atoms with Crippen molar-refractivity contribution in [3.63, 3.8) is 0 Å². The Labute approximate surface area is 139 Å². The first-order valence-electron chi connectivity index (χ1n) is 8.29. The van der Waals surface area contributed by atoms with Gasteiger partial charge in [-0.05, 0) is 61.1 Å². The monoisotopic (exact) mass is 316 g/mol. The van der Waals surface area contributed by atoms with E-state index < -0.39 is 0 Å². The molecule has 0 aliphatic heterocycles. The van der Waals surface area contributed by atoms with E-state index >= 15 is 0 Å². The number of halogens is 1. The zero-order valence-corrected chi connectivity index (χ0v) is 14.3. The summed E-state index contributed by atoms with van der Waals surface area (Å²) in [5.74, 6) is 1.83. The van der Waals surface area contributed by atoms with E-state index in [0.29, 0.717) is 0 Å². The van der Waals surface area contributed by atoms with E-state index in [4.69, 9.17) is 16.3 Å². The quantitative estimate of drug-likeness (QED) is 0.519. The van der Waals surface area contributed by atoms with E-state index in [9.17, 15) is 0 Å². The van der Waals surface area contributed by atoms with Crippen LogP contribution in [0.4, 0.5) is 0 Å². The van der Waals surface area contributed by atoms with Crippen LogP contribution in [0.2, 0.25) is 5.02 Å². The molecule has 0 aromatic heterocycles. The number of para-hydroxylation sites is 1. The van der Waals surface area contributed by atoms with Crippen LogP contribution >= 0.6 is 11.6 Å². The smallest absolute Gasteiger partial charge is 0.130 e. The lowest BCUT2D eigenvalue weighted by molar-refractivity contribution is 0.473. The molecule has 0 fully saturated rings. The Morgan fingerprint density at radius 2 is 1.45 bits per heavy atom. The Bertz CT molecular complexity index is 578. The SMILES string of the molecule is CCCCc1c(Cl)ccc(Oc2ccccc2)c1CCCC. The van der Waals surface area contributed by atoms with Crippen molar-refractivity contribution < 1.29 is 4.74 Å². The fraction of sp³-hybridized carbons (Fsp3) is 0.400. The van der Waals surface area contributed by atoms with Gasteiger partial charge in [-0.15, -0.1) is 0 Å². The van der Waals surface area contributed by atoms with E-state index in [2.05, 4.69) is 13.8 Å². The van der Waals surface area contributed by atoms with Crippen molar-refractivity contribution >= 4 is 11.6 Å². The summed E-state index contributed by atoms with van der Waals surface area (Å²) >= 11 is 6.46. The average Bonchev–Trinajstić information content (AvgIpc) is 2.55. The fourth-order valence-corrected chi connectivity index (χ4v) is 2.88. The van der Waals surface area contributed by atoms with Gasteiger partial charge in [-0.3, -0.25) is 0 Å². The molecule has 2 aromatic carbocycles. The number of hydrogen-bond donors (Lipinski definition) is 0. The van der Waals surface area contributed by atoms with Crippen LogP contribution in [0.25, 0.3) is 0 Å². The van der Waals surface area contributed by atoms with Crippen LogP contribution in [-0.4, -0.2) is 0 Å². The molecule has 0 aliphatic rings. The second-order valence-electron chi connectivity index (χ2n) is 5.62. The van der Waals surface area contributed by atoms with Crippen LogP contribution in [0.3, 0.4) is 0 Å². The normalized spacial score (nSPS) is 10.7. The zero-order valence-electron chi connectivity index (χ0n) is 13.6. The maximum Gasteiger partial charge on any atom is 0.130 e. The molecule has 0 bridgehead atoms. The molecule has 0 saturated heterocycles. The molecule has 118 valence electrons. The Kier molecular flexibility index (Phi) is 6.79. The molecule has 2 aromatic rings. The van der Waals surface area contributed by atoms with Gasteiger partial charge in [-0.2, -0.15) is 0 Å². The molecule has 2 heteroatoms. The molecular formula is C20H25ClO. The second-order valence-corrected chi connectivity index (χ2v) is 6.03. The summed E-state index contributed by atoms with van der Waals surface area (Å²) in [6.45, 7) is 4.43. The molecule has 0 amide bonds. The van der Waals surface area contributed by atoms with E-state index in [1.54, 1.807) is 0 Å². The highest BCUT2D eigenvalue weighted by molar-refractivity contribution is 6.31. The van der Waals surface area contributed by atoms with Crippen LogP contribution in [-0.2, 0) is 12.8 Å². The molecule has 0 N–H and O–H groups in total. The summed E-state index contributed by atoms with van der Waals surface area (Å²) in [6, 6.07) is 14.0. The summed E-state index contributed by atoms with van der Waals surface area (Å²) in [5.41, 5.74) is 2.55. The molecule has 0 atom stereocenters. The third kappa shape index (κ3) is 4.51. The maximum absolute atomic E-state index is 6.46. The third-order valence-corrected chi connectivity index (χ3v) is 4.22. The van der Waals surface area contributed by atoms with Gasteiger partial charge in [0.25, 0.3) is 0 Å². The van der Waals surface area contributed by atoms with E-state index in [0.717, 1.165) is 42.2 Å². The van der Waals surface area contributed by atoms with Crippen molar-refractivity contribution in [2.24, 2.45) is 0 Å². The molecule has 0 radical (unpaired) electrons. The first kappa shape index (κ1) is 16.9. The molecule has 0 unspecified atom stereocenters. The number of hydrogen-bond acceptors (Lipinski definition) is 1. The highest BCUT2D eigenvalue weighted by atomic mass is 35.5. The minimum Gasteiger partial charge on any atom is -0.457 e. The number of benzene rings is 2. The van der Waals surface area contributed by atoms with Crippen LogP contribution in [0, 0.1) is 0 Å². The molecular weight excluding hydrogens is 292 g/mol. The first-order valence-corrected chi connectivity index (χ1v) is 8.67. The molecule has 0 aliphatic carbocycles. The molecule has 0 heterocycles. The molecule has 0 saturated carbocycles. The highest BCUT2D eigenvalue weighted by Gasteiger charge is 2.13. The highest BCUT2D eigenvalue weighted by Crippen LogP contribution is 2.34. The van der Waals surface area contributed by atoms with Crippen molar-refractivity contribution in [1.29, 1.82) is 0 Å². The molecule has 22 heavy (non-hydrogen) atoms. The lowest BCUT2D eigenvalue weighted by atomic mass is 9.97. The Hall–Kier alpha value is -1.47. The van der Waals surface area contributed by atoms with Crippen molar-refractivity contribution in [2.75, 3.05) is 0 Å². The average molecular weight is 317 g/mol. The summed E-state index contributed by atoms with van der Waals surface area (Å²) in [7, 11) is 0. The van der Waals surface area contributed by atoms with Gasteiger partial charge in [0, 0.05) is 5.02 Å². The van der Waals surface area contributed by atoms with Gasteiger partial charge in [0.15, 0.2) is 0 Å². The summed E-state index contributed by atoms with van der Waals surface area (Å²) in [4.78, 5) is 0. The van der Waals surface area contributed by atoms with Gasteiger partial charge in [0.05, 0.1) is 0 Å². The van der Waals surface area contributed by atoms with Crippen molar-refractivity contribution in [3.05, 3.63) is 58.6 Å². The Balaban J connectivity index is 2.34. The van der Waals surface area contributed by atoms with Gasteiger partial charge in [0.2, 0.25) is 0 Å². The first-order chi connectivity index (χ1) is 10.8. The van der Waals surface area contributed by atoms with Gasteiger partial charge in [-0.1, -0.05) is 56.5 Å². The van der Waals surface area contributed by atoms with Crippen molar-refractivity contribution in [2.45, 2.75) is 52.4 Å². The van der Waals surface area contributed by atoms with Crippen LogP contribution in [0.15, 0.2) is 42.5 Å². The number of rotatable bonds is 8. The molecule has 1 nitrogen and oxygen atoms in total. The Morgan fingerprint density at radius 1 is 0.818 bits per heavy atom. The topological polar surface area (TPSA) is 9.23 Å². The summed E-state index contributed by atoms with van der Waals surface area (Å²) < 4.78 is 6.12. The van der Waals surface area contributed by atoms with Crippen LogP contribution < -0.4 is 4.74 Å². The number of ether oxygens (including phenoxy) is 1. The minimum atomic E-state index is 0.875. The van der Waals surface area contributed by atoms with Gasteiger partial charge < -0.3 is 4.74 Å². The third-order valence-electron chi connectivity index (χ3n) is 3.86. The van der Waals surface area contributed by atoms with E-state index in [1.165, 1.54) is 24.0 Å². The van der Waals surface area contributed by atoms with Gasteiger partial charge >= 0.3 is 0 Å². The van der Waals surface area contributed by atoms with Crippen LogP contribution in [0.5, 0.6) is 11.5 Å². The molecule has 0 spiro atoms. The standard InChI is InChI=1S/C20H25ClO/c1-3-5-12-17-18(13-6-4-2)20(15-14-19(17)21)22-16-10-8-7-9-11-16/h7-11,14-15H,3-6,12-13H2,1-2H3. The summed E-state index contributed by atoms with van der Waals surface area (Å²) in [6.07, 6.45) is 6.72. The lowest BCUT2D eigenvalue weighted by Crippen LogP contribution is -2.00. The second kappa shape index (κ2) is 8.85. The fourth-order valence-electron chi connectivity index (χ4n) is 2.61. The maximum atomic E-state index is 6.46. The minimum absolute atomic E-state index is 0.875. The van der Waals surface area contributed by atoms with Gasteiger partial charge in [0.1, 0.15) is 11.5 Å². The van der Waals surface area contributed by atoms with Crippen molar-refractivity contribution in [1.82, 2.24) is 0 Å². The largest absolute Gasteiger partial charge is 0.457 e. The predicted octanol–water partition coefficient (Wildman–Crippen LogP) is 6.82. The van der Waals surface area contributed by atoms with E-state index in [1.807, 2.05) is 42.5 Å². The Morgan fingerprint density at radius 3 is 2.09 bits per heavy atom. The summed E-state index contributed by atoms with van der Waals surface area (Å²) in [5, 5.41) is 0.875. The van der Waals surface area contributed by atoms with Gasteiger partial charge in [-0.25, -0.2) is 0 Å². The predicted molar refractivity (Wildman–Crippen MR) is 95.2 cm³/mol. The van der Waals surface area contributed by atoms with E-state index in [-0.39, 0.29) is 0 Å². The zero-order chi connectivity index (χ0) is 15.8. The molecule has 2 rings (SSSR count). The van der Waals surface area contributed by atoms with Crippen LogP contribution in [0.1, 0.15) is 50.7 Å².